The Balaban J connectivity index is 1.60. The molecule has 1 fully saturated rings. The monoisotopic (exact) mass is 496 g/mol. The van der Waals surface area contributed by atoms with Crippen LogP contribution in [0, 0.1) is 6.92 Å². The fourth-order valence-corrected chi connectivity index (χ4v) is 5.04. The molecule has 1 N–H and O–H groups in total. The molecule has 6 rings (SSSR count). The molecule has 0 bridgehead atoms. The Hall–Kier alpha value is -3.79. The molecule has 1 saturated heterocycles. The average molecular weight is 496 g/mol. The van der Waals surface area contributed by atoms with Crippen LogP contribution in [-0.4, -0.2) is 45.7 Å². The SMILES string of the molecule is Cc1nn2c(-c3cccc(C(F)(F)F)c3)cc(N3CCCC3CO)nc2c1-c1ccc2c(c1)OCO2. The second kappa shape index (κ2) is 8.41. The van der Waals surface area contributed by atoms with Gasteiger partial charge in [-0.25, -0.2) is 9.50 Å². The number of halogens is 3. The van der Waals surface area contributed by atoms with Crippen molar-refractivity contribution in [2.45, 2.75) is 32.0 Å². The minimum atomic E-state index is -4.47. The van der Waals surface area contributed by atoms with Crippen molar-refractivity contribution in [1.29, 1.82) is 0 Å². The van der Waals surface area contributed by atoms with E-state index in [1.165, 1.54) is 6.07 Å². The summed E-state index contributed by atoms with van der Waals surface area (Å²) in [6.07, 6.45) is -2.76. The molecule has 2 aromatic heterocycles. The van der Waals surface area contributed by atoms with Gasteiger partial charge in [-0.15, -0.1) is 0 Å². The number of anilines is 1. The van der Waals surface area contributed by atoms with E-state index in [2.05, 4.69) is 0 Å². The van der Waals surface area contributed by atoms with E-state index < -0.39 is 11.7 Å². The van der Waals surface area contributed by atoms with Crippen molar-refractivity contribution in [2.24, 2.45) is 0 Å². The predicted octanol–water partition coefficient (Wildman–Crippen LogP) is 5.08. The van der Waals surface area contributed by atoms with Gasteiger partial charge in [0, 0.05) is 23.7 Å². The fraction of sp³-hybridized carbons (Fsp3) is 0.308. The van der Waals surface area contributed by atoms with Gasteiger partial charge in [0.2, 0.25) is 6.79 Å². The molecule has 4 heterocycles. The molecule has 0 amide bonds. The fourth-order valence-electron chi connectivity index (χ4n) is 5.04. The molecule has 2 aromatic carbocycles. The molecule has 0 radical (unpaired) electrons. The highest BCUT2D eigenvalue weighted by Gasteiger charge is 2.32. The van der Waals surface area contributed by atoms with Gasteiger partial charge in [0.05, 0.1) is 29.6 Å². The summed E-state index contributed by atoms with van der Waals surface area (Å²) in [6, 6.07) is 12.4. The summed E-state index contributed by atoms with van der Waals surface area (Å²) in [5.41, 5.74) is 2.87. The van der Waals surface area contributed by atoms with Gasteiger partial charge in [-0.3, -0.25) is 0 Å². The number of rotatable bonds is 4. The van der Waals surface area contributed by atoms with Crippen LogP contribution in [0.5, 0.6) is 11.5 Å². The standard InChI is InChI=1S/C26H23F3N4O3/c1-15-24(17-7-8-21-22(11-17)36-14-35-21)25-30-23(32-9-3-6-19(32)13-34)12-20(33(25)31-15)16-4-2-5-18(10-16)26(27,28)29/h2,4-5,7-8,10-12,19,34H,3,6,9,13-14H2,1H3. The highest BCUT2D eigenvalue weighted by Crippen LogP contribution is 2.40. The number of alkyl halides is 3. The quantitative estimate of drug-likeness (QED) is 0.425. The Labute approximate surface area is 204 Å². The molecule has 186 valence electrons. The Morgan fingerprint density at radius 2 is 1.89 bits per heavy atom. The van der Waals surface area contributed by atoms with Crippen LogP contribution in [0.2, 0.25) is 0 Å². The molecule has 36 heavy (non-hydrogen) atoms. The van der Waals surface area contributed by atoms with Crippen molar-refractivity contribution in [3.05, 3.63) is 59.8 Å². The number of hydrogen-bond donors (Lipinski definition) is 1. The predicted molar refractivity (Wildman–Crippen MR) is 127 cm³/mol. The van der Waals surface area contributed by atoms with Crippen molar-refractivity contribution < 1.29 is 27.8 Å². The maximum Gasteiger partial charge on any atom is 0.416 e. The number of aliphatic hydroxyl groups excluding tert-OH is 1. The summed E-state index contributed by atoms with van der Waals surface area (Å²) >= 11 is 0. The molecule has 2 aliphatic heterocycles. The Morgan fingerprint density at radius 3 is 2.69 bits per heavy atom. The van der Waals surface area contributed by atoms with Gasteiger partial charge in [0.15, 0.2) is 17.1 Å². The number of fused-ring (bicyclic) bond motifs is 2. The molecular formula is C26H23F3N4O3. The second-order valence-corrected chi connectivity index (χ2v) is 9.01. The van der Waals surface area contributed by atoms with Crippen LogP contribution in [0.15, 0.2) is 48.5 Å². The van der Waals surface area contributed by atoms with Crippen molar-refractivity contribution in [2.75, 3.05) is 24.8 Å². The third kappa shape index (κ3) is 3.72. The number of benzene rings is 2. The minimum absolute atomic E-state index is 0.0287. The molecule has 2 aliphatic rings. The molecule has 7 nitrogen and oxygen atoms in total. The van der Waals surface area contributed by atoms with Crippen molar-refractivity contribution in [3.8, 4) is 33.9 Å². The largest absolute Gasteiger partial charge is 0.454 e. The summed E-state index contributed by atoms with van der Waals surface area (Å²) in [6.45, 7) is 2.66. The Morgan fingerprint density at radius 1 is 1.06 bits per heavy atom. The van der Waals surface area contributed by atoms with E-state index in [1.807, 2.05) is 30.0 Å². The summed E-state index contributed by atoms with van der Waals surface area (Å²) in [5, 5.41) is 14.6. The molecule has 10 heteroatoms. The first-order valence-corrected chi connectivity index (χ1v) is 11.7. The first kappa shape index (κ1) is 22.7. The molecule has 1 unspecified atom stereocenters. The van der Waals surface area contributed by atoms with E-state index >= 15 is 0 Å². The zero-order chi connectivity index (χ0) is 25.0. The van der Waals surface area contributed by atoms with Crippen LogP contribution >= 0.6 is 0 Å². The number of nitrogens with zero attached hydrogens (tertiary/aromatic N) is 4. The maximum absolute atomic E-state index is 13.5. The van der Waals surface area contributed by atoms with Crippen molar-refractivity contribution in [3.63, 3.8) is 0 Å². The number of aliphatic hydroxyl groups is 1. The zero-order valence-corrected chi connectivity index (χ0v) is 19.4. The lowest BCUT2D eigenvalue weighted by molar-refractivity contribution is -0.137. The summed E-state index contributed by atoms with van der Waals surface area (Å²) in [5.74, 6) is 1.85. The van der Waals surface area contributed by atoms with E-state index in [4.69, 9.17) is 19.6 Å². The number of aryl methyl sites for hydroxylation is 1. The molecule has 0 aliphatic carbocycles. The van der Waals surface area contributed by atoms with Gasteiger partial charge >= 0.3 is 6.18 Å². The van der Waals surface area contributed by atoms with Gasteiger partial charge in [0.1, 0.15) is 5.82 Å². The van der Waals surface area contributed by atoms with E-state index in [9.17, 15) is 18.3 Å². The second-order valence-electron chi connectivity index (χ2n) is 9.01. The van der Waals surface area contributed by atoms with Crippen LogP contribution in [0.25, 0.3) is 28.0 Å². The van der Waals surface area contributed by atoms with Gasteiger partial charge in [0.25, 0.3) is 0 Å². The lowest BCUT2D eigenvalue weighted by atomic mass is 10.0. The summed E-state index contributed by atoms with van der Waals surface area (Å²) in [4.78, 5) is 6.94. The normalized spacial score (nSPS) is 17.4. The Kier molecular flexibility index (Phi) is 5.29. The smallest absolute Gasteiger partial charge is 0.416 e. The van der Waals surface area contributed by atoms with Gasteiger partial charge in [-0.1, -0.05) is 18.2 Å². The van der Waals surface area contributed by atoms with Crippen LogP contribution in [-0.2, 0) is 6.18 Å². The average Bonchev–Trinajstić information content (AvgIpc) is 3.60. The van der Waals surface area contributed by atoms with Crippen molar-refractivity contribution >= 4 is 11.5 Å². The number of aromatic nitrogens is 3. The summed E-state index contributed by atoms with van der Waals surface area (Å²) in [7, 11) is 0. The molecule has 0 spiro atoms. The topological polar surface area (TPSA) is 72.1 Å². The number of ether oxygens (including phenoxy) is 2. The number of hydrogen-bond acceptors (Lipinski definition) is 6. The minimum Gasteiger partial charge on any atom is -0.454 e. The van der Waals surface area contributed by atoms with Crippen LogP contribution in [0.1, 0.15) is 24.1 Å². The molecule has 0 saturated carbocycles. The van der Waals surface area contributed by atoms with Crippen LogP contribution in [0.4, 0.5) is 19.0 Å². The lowest BCUT2D eigenvalue weighted by Crippen LogP contribution is -2.32. The highest BCUT2D eigenvalue weighted by atomic mass is 19.4. The lowest BCUT2D eigenvalue weighted by Gasteiger charge is -2.25. The first-order chi connectivity index (χ1) is 17.3. The summed E-state index contributed by atoms with van der Waals surface area (Å²) < 4.78 is 53.2. The zero-order valence-electron chi connectivity index (χ0n) is 19.4. The third-order valence-corrected chi connectivity index (χ3v) is 6.78. The van der Waals surface area contributed by atoms with E-state index in [0.29, 0.717) is 46.5 Å². The maximum atomic E-state index is 13.5. The molecular weight excluding hydrogens is 473 g/mol. The highest BCUT2D eigenvalue weighted by molar-refractivity contribution is 5.84. The first-order valence-electron chi connectivity index (χ1n) is 11.7. The van der Waals surface area contributed by atoms with Gasteiger partial charge in [-0.05, 0) is 49.6 Å². The van der Waals surface area contributed by atoms with Gasteiger partial charge < -0.3 is 19.5 Å². The van der Waals surface area contributed by atoms with E-state index in [1.54, 1.807) is 16.6 Å². The van der Waals surface area contributed by atoms with E-state index in [-0.39, 0.29) is 19.4 Å². The van der Waals surface area contributed by atoms with Crippen LogP contribution < -0.4 is 14.4 Å². The van der Waals surface area contributed by atoms with E-state index in [0.717, 1.165) is 36.1 Å². The molecule has 1 atom stereocenters. The van der Waals surface area contributed by atoms with Gasteiger partial charge in [-0.2, -0.15) is 18.3 Å². The Bertz CT molecular complexity index is 1470. The molecule has 4 aromatic rings. The third-order valence-electron chi connectivity index (χ3n) is 6.78. The van der Waals surface area contributed by atoms with Crippen LogP contribution in [0.3, 0.4) is 0 Å². The van der Waals surface area contributed by atoms with Crippen molar-refractivity contribution in [1.82, 2.24) is 14.6 Å².